The van der Waals surface area contributed by atoms with E-state index in [0.29, 0.717) is 48.8 Å². The summed E-state index contributed by atoms with van der Waals surface area (Å²) in [6.07, 6.45) is 11.6. The number of fused-ring (bicyclic) bond motifs is 1. The number of anilines is 1. The summed E-state index contributed by atoms with van der Waals surface area (Å²) in [6.45, 7) is 9.58. The molecule has 0 amide bonds. The fraction of sp³-hybridized carbons (Fsp3) is 0.474. The van der Waals surface area contributed by atoms with E-state index in [0.717, 1.165) is 66.5 Å². The minimum Gasteiger partial charge on any atom is -0.496 e. The first-order chi connectivity index (χ1) is 23.6. The molecule has 3 aromatic rings. The molecule has 49 heavy (non-hydrogen) atoms. The Morgan fingerprint density at radius 3 is 2.61 bits per heavy atom. The quantitative estimate of drug-likeness (QED) is 0.0270. The van der Waals surface area contributed by atoms with E-state index in [9.17, 15) is 4.79 Å². The molecule has 1 aromatic carbocycles. The molecule has 0 unspecified atom stereocenters. The fourth-order valence-electron chi connectivity index (χ4n) is 5.86. The molecule has 4 N–H and O–H groups in total. The zero-order chi connectivity index (χ0) is 35.3. The number of allylic oxidation sites excluding steroid dienone is 3. The van der Waals surface area contributed by atoms with Crippen LogP contribution in [-0.2, 0) is 27.4 Å². The molecule has 0 saturated heterocycles. The first-order valence-corrected chi connectivity index (χ1v) is 17.4. The van der Waals surface area contributed by atoms with E-state index < -0.39 is 0 Å². The lowest BCUT2D eigenvalue weighted by Gasteiger charge is -2.22. The molecule has 1 aliphatic carbocycles. The lowest BCUT2D eigenvalue weighted by atomic mass is 10.0. The zero-order valence-electron chi connectivity index (χ0n) is 29.3. The Morgan fingerprint density at radius 2 is 1.94 bits per heavy atom. The number of benzene rings is 1. The summed E-state index contributed by atoms with van der Waals surface area (Å²) in [7, 11) is 1.59. The first kappa shape index (κ1) is 37.5. The van der Waals surface area contributed by atoms with Gasteiger partial charge in [0, 0.05) is 37.5 Å². The van der Waals surface area contributed by atoms with E-state index in [4.69, 9.17) is 37.0 Å². The van der Waals surface area contributed by atoms with Crippen molar-refractivity contribution in [2.75, 3.05) is 19.5 Å². The average Bonchev–Trinajstić information content (AvgIpc) is 3.71. The predicted octanol–water partition coefficient (Wildman–Crippen LogP) is 7.38. The minimum atomic E-state index is -0.314. The Kier molecular flexibility index (Phi) is 14.1. The summed E-state index contributed by atoms with van der Waals surface area (Å²) in [4.78, 5) is 21.4. The Morgan fingerprint density at radius 1 is 1.20 bits per heavy atom. The van der Waals surface area contributed by atoms with Crippen LogP contribution in [0.25, 0.3) is 11.0 Å². The molecule has 0 aliphatic heterocycles. The van der Waals surface area contributed by atoms with Crippen LogP contribution in [-0.4, -0.2) is 52.6 Å². The number of ether oxygens (including phenoxy) is 3. The zero-order valence-corrected chi connectivity index (χ0v) is 30.0. The number of nitrogens with two attached hydrogens (primary N) is 1. The number of hydrogen-bond acceptors (Lipinski definition) is 9. The van der Waals surface area contributed by atoms with Gasteiger partial charge in [-0.05, 0) is 81.6 Å². The molecule has 11 heteroatoms. The number of aromatic nitrogens is 3. The van der Waals surface area contributed by atoms with Crippen molar-refractivity contribution in [1.29, 1.82) is 5.41 Å². The number of halogens is 1. The van der Waals surface area contributed by atoms with Gasteiger partial charge in [0.05, 0.1) is 24.7 Å². The number of hydrogen-bond donors (Lipinski definition) is 3. The van der Waals surface area contributed by atoms with E-state index in [1.165, 1.54) is 6.21 Å². The van der Waals surface area contributed by atoms with Crippen LogP contribution in [0.2, 0.25) is 5.15 Å². The monoisotopic (exact) mass is 688 g/mol. The molecule has 1 atom stereocenters. The Bertz CT molecular complexity index is 1710. The molecule has 1 aliphatic rings. The maximum Gasteiger partial charge on any atom is 0.323 e. The number of nitrogens with one attached hydrogen (secondary N) is 2. The van der Waals surface area contributed by atoms with Gasteiger partial charge in [0.15, 0.2) is 0 Å². The third-order valence-corrected chi connectivity index (χ3v) is 8.68. The first-order valence-electron chi connectivity index (χ1n) is 17.0. The van der Waals surface area contributed by atoms with Gasteiger partial charge in [-0.1, -0.05) is 55.5 Å². The van der Waals surface area contributed by atoms with Crippen LogP contribution >= 0.6 is 11.6 Å². The number of methoxy groups -OCH3 is 1. The number of unbranched alkanes of at least 4 members (excludes halogenated alkanes) is 1. The highest BCUT2D eigenvalue weighted by Gasteiger charge is 2.26. The normalized spacial score (nSPS) is 14.7. The molecule has 1 saturated carbocycles. The Balaban J connectivity index is 1.30. The van der Waals surface area contributed by atoms with Gasteiger partial charge in [-0.25, -0.2) is 4.98 Å². The molecule has 4 rings (SSSR count). The van der Waals surface area contributed by atoms with Crippen molar-refractivity contribution in [3.05, 3.63) is 69.7 Å². The largest absolute Gasteiger partial charge is 0.496 e. The highest BCUT2D eigenvalue weighted by molar-refractivity contribution is 6.34. The second-order valence-electron chi connectivity index (χ2n) is 12.8. The van der Waals surface area contributed by atoms with Crippen LogP contribution in [0.15, 0.2) is 53.4 Å². The summed E-state index contributed by atoms with van der Waals surface area (Å²) < 4.78 is 19.2. The van der Waals surface area contributed by atoms with E-state index in [-0.39, 0.29) is 29.2 Å². The second kappa shape index (κ2) is 18.4. The average molecular weight is 689 g/mol. The van der Waals surface area contributed by atoms with Gasteiger partial charge >= 0.3 is 5.97 Å². The van der Waals surface area contributed by atoms with Crippen molar-refractivity contribution < 1.29 is 19.0 Å². The molecule has 0 spiro atoms. The van der Waals surface area contributed by atoms with Crippen LogP contribution in [0.3, 0.4) is 0 Å². The number of rotatable bonds is 16. The van der Waals surface area contributed by atoms with Gasteiger partial charge in [-0.2, -0.15) is 4.98 Å². The van der Waals surface area contributed by atoms with Gasteiger partial charge in [0.2, 0.25) is 5.95 Å². The van der Waals surface area contributed by atoms with Gasteiger partial charge in [0.25, 0.3) is 0 Å². The summed E-state index contributed by atoms with van der Waals surface area (Å²) in [5.74, 6) is 8.23. The summed E-state index contributed by atoms with van der Waals surface area (Å²) in [5.41, 5.74) is 9.93. The SMILES string of the molecule is COC(/C(C)=C/Cn1cc(C#CCCCOc2ccc(CN[C@@H](CC(C)C)C(=O)OC3CCCC3)cc2)c2c(Cl)nc(N)nc21)=C(\C)C=N. The van der Waals surface area contributed by atoms with Crippen LogP contribution in [0, 0.1) is 23.2 Å². The molecular formula is C38H49ClN6O4. The van der Waals surface area contributed by atoms with Crippen molar-refractivity contribution in [1.82, 2.24) is 19.9 Å². The van der Waals surface area contributed by atoms with Gasteiger partial charge in [-0.3, -0.25) is 4.79 Å². The van der Waals surface area contributed by atoms with E-state index in [2.05, 4.69) is 41.0 Å². The van der Waals surface area contributed by atoms with Gasteiger partial charge < -0.3 is 35.2 Å². The predicted molar refractivity (Wildman–Crippen MR) is 196 cm³/mol. The van der Waals surface area contributed by atoms with Crippen molar-refractivity contribution >= 4 is 40.8 Å². The summed E-state index contributed by atoms with van der Waals surface area (Å²) in [5, 5.41) is 11.9. The number of esters is 1. The molecule has 2 aromatic heterocycles. The number of nitrogens with zero attached hydrogens (tertiary/aromatic N) is 3. The number of carbonyl (C=O) groups excluding carboxylic acids is 1. The van der Waals surface area contributed by atoms with Gasteiger partial charge in [0.1, 0.15) is 34.5 Å². The van der Waals surface area contributed by atoms with Crippen molar-refractivity contribution in [2.45, 2.75) is 97.9 Å². The molecule has 1 fully saturated rings. The van der Waals surface area contributed by atoms with Crippen molar-refractivity contribution in [3.63, 3.8) is 0 Å². The number of nitrogen functional groups attached to an aromatic ring is 1. The summed E-state index contributed by atoms with van der Waals surface area (Å²) in [6, 6.07) is 7.62. The second-order valence-corrected chi connectivity index (χ2v) is 13.2. The Hall–Kier alpha value is -4.33. The number of carbonyl (C=O) groups is 1. The standard InChI is InChI=1S/C38H49ClN6O4/c1-25(2)21-32(37(46)49-31-12-8-9-13-31)42-23-28-14-16-30(17-15-28)48-20-10-6-7-11-29-24-45(36-33(29)35(39)43-38(41)44-36)19-18-26(3)34(47-5)27(4)22-40/h14-18,22,24-25,31-32,40,42H,6,8-10,12-13,19-21,23H2,1-5H3,(H2,41,43,44)/b26-18+,34-27+,40-22?/t32-/m0/s1. The van der Waals surface area contributed by atoms with E-state index in [1.807, 2.05) is 55.0 Å². The lowest BCUT2D eigenvalue weighted by molar-refractivity contribution is -0.151. The minimum absolute atomic E-state index is 0.0699. The van der Waals surface area contributed by atoms with Gasteiger partial charge in [-0.15, -0.1) is 0 Å². The topological polar surface area (TPSA) is 137 Å². The Labute approximate surface area is 295 Å². The summed E-state index contributed by atoms with van der Waals surface area (Å²) >= 11 is 6.49. The van der Waals surface area contributed by atoms with Crippen LogP contribution < -0.4 is 15.8 Å². The lowest BCUT2D eigenvalue weighted by Crippen LogP contribution is -2.40. The van der Waals surface area contributed by atoms with Crippen LogP contribution in [0.1, 0.15) is 83.8 Å². The van der Waals surface area contributed by atoms with E-state index >= 15 is 0 Å². The van der Waals surface area contributed by atoms with Crippen LogP contribution in [0.4, 0.5) is 5.95 Å². The maximum atomic E-state index is 12.8. The molecule has 2 heterocycles. The molecular weight excluding hydrogens is 640 g/mol. The van der Waals surface area contributed by atoms with Crippen molar-refractivity contribution in [2.24, 2.45) is 5.92 Å². The van der Waals surface area contributed by atoms with Crippen molar-refractivity contribution in [3.8, 4) is 17.6 Å². The third-order valence-electron chi connectivity index (χ3n) is 8.41. The molecule has 0 radical (unpaired) electrons. The maximum absolute atomic E-state index is 12.8. The molecule has 10 nitrogen and oxygen atoms in total. The highest BCUT2D eigenvalue weighted by Crippen LogP contribution is 2.27. The van der Waals surface area contributed by atoms with E-state index in [1.54, 1.807) is 7.11 Å². The molecule has 0 bridgehead atoms. The third kappa shape index (κ3) is 10.8. The smallest absolute Gasteiger partial charge is 0.323 e. The van der Waals surface area contributed by atoms with Crippen LogP contribution in [0.5, 0.6) is 5.75 Å². The molecule has 262 valence electrons. The fourth-order valence-corrected chi connectivity index (χ4v) is 6.13. The highest BCUT2D eigenvalue weighted by atomic mass is 35.5.